The monoisotopic (exact) mass is 417 g/mol. The summed E-state index contributed by atoms with van der Waals surface area (Å²) >= 11 is 0. The van der Waals surface area contributed by atoms with Gasteiger partial charge in [-0.1, -0.05) is 64.6 Å². The van der Waals surface area contributed by atoms with Crippen molar-refractivity contribution in [2.24, 2.45) is 0 Å². The van der Waals surface area contributed by atoms with Crippen molar-refractivity contribution >= 4 is 16.3 Å². The van der Waals surface area contributed by atoms with Gasteiger partial charge in [0, 0.05) is 11.8 Å². The number of methoxy groups -OCH3 is 2. The van der Waals surface area contributed by atoms with Crippen LogP contribution in [0, 0.1) is 0 Å². The summed E-state index contributed by atoms with van der Waals surface area (Å²) in [5.41, 5.74) is 4.19. The standard InChI is InChI=1S/C24H23NO2.2C2H6/c1-5-7-10-17(6-2)20-14-19(22-11-8-9-12-25-22)13-18-15-23(26-3)24(27-4)16-21(18)20;2*1-2/h5-16H,1H2,2-4H3;2*1-2H3/b10-7-,17-6+;;. The topological polar surface area (TPSA) is 31.4 Å². The fraction of sp³-hybridized carbons (Fsp3) is 0.250. The summed E-state index contributed by atoms with van der Waals surface area (Å²) in [5.74, 6) is 1.41. The normalized spacial score (nSPS) is 10.6. The number of ether oxygens (including phenoxy) is 2. The van der Waals surface area contributed by atoms with Crippen molar-refractivity contribution in [2.75, 3.05) is 14.2 Å². The Morgan fingerprint density at radius 1 is 0.935 bits per heavy atom. The van der Waals surface area contributed by atoms with E-state index in [0.29, 0.717) is 11.5 Å². The maximum atomic E-state index is 5.52. The molecule has 0 radical (unpaired) electrons. The average Bonchev–Trinajstić information content (AvgIpc) is 2.86. The van der Waals surface area contributed by atoms with E-state index in [1.807, 2.05) is 77.2 Å². The molecule has 3 nitrogen and oxygen atoms in total. The zero-order chi connectivity index (χ0) is 23.2. The number of rotatable bonds is 6. The van der Waals surface area contributed by atoms with Crippen LogP contribution in [0.4, 0.5) is 0 Å². The van der Waals surface area contributed by atoms with Gasteiger partial charge in [0.1, 0.15) is 0 Å². The van der Waals surface area contributed by atoms with Gasteiger partial charge in [-0.2, -0.15) is 0 Å². The SMILES string of the molecule is C=C/C=C\C(=C/C)c1cc(-c2ccccn2)cc2cc(OC)c(OC)cc12.CC.CC. The lowest BCUT2D eigenvalue weighted by molar-refractivity contribution is 0.356. The molecule has 2 aromatic carbocycles. The number of nitrogens with zero attached hydrogens (tertiary/aromatic N) is 1. The van der Waals surface area contributed by atoms with Crippen molar-refractivity contribution in [1.82, 2.24) is 4.98 Å². The zero-order valence-corrected chi connectivity index (χ0v) is 19.9. The summed E-state index contributed by atoms with van der Waals surface area (Å²) in [6.07, 6.45) is 9.67. The van der Waals surface area contributed by atoms with Crippen LogP contribution in [0.25, 0.3) is 27.6 Å². The molecule has 0 amide bonds. The molecule has 0 saturated heterocycles. The molecule has 0 unspecified atom stereocenters. The largest absolute Gasteiger partial charge is 0.493 e. The van der Waals surface area contributed by atoms with Gasteiger partial charge < -0.3 is 9.47 Å². The second-order valence-corrected chi connectivity index (χ2v) is 6.01. The molecule has 1 heterocycles. The van der Waals surface area contributed by atoms with Crippen molar-refractivity contribution in [3.05, 3.63) is 85.1 Å². The van der Waals surface area contributed by atoms with E-state index >= 15 is 0 Å². The first-order valence-electron chi connectivity index (χ1n) is 10.8. The number of fused-ring (bicyclic) bond motifs is 1. The van der Waals surface area contributed by atoms with Gasteiger partial charge in [-0.05, 0) is 65.2 Å². The summed E-state index contributed by atoms with van der Waals surface area (Å²) in [7, 11) is 3.30. The fourth-order valence-electron chi connectivity index (χ4n) is 3.12. The van der Waals surface area contributed by atoms with Crippen LogP contribution in [-0.4, -0.2) is 19.2 Å². The molecule has 31 heavy (non-hydrogen) atoms. The van der Waals surface area contributed by atoms with Gasteiger partial charge in [0.2, 0.25) is 0 Å². The van der Waals surface area contributed by atoms with Crippen LogP contribution < -0.4 is 9.47 Å². The molecule has 0 spiro atoms. The first-order valence-corrected chi connectivity index (χ1v) is 10.8. The molecule has 3 rings (SSSR count). The number of hydrogen-bond acceptors (Lipinski definition) is 3. The fourth-order valence-corrected chi connectivity index (χ4v) is 3.12. The van der Waals surface area contributed by atoms with Crippen molar-refractivity contribution < 1.29 is 9.47 Å². The molecule has 0 atom stereocenters. The minimum absolute atomic E-state index is 0.706. The Balaban J connectivity index is 0.00000113. The molecule has 0 fully saturated rings. The molecule has 164 valence electrons. The van der Waals surface area contributed by atoms with Crippen molar-refractivity contribution in [3.8, 4) is 22.8 Å². The Kier molecular flexibility index (Phi) is 11.5. The molecular formula is C28H35NO2. The van der Waals surface area contributed by atoms with Gasteiger partial charge in [-0.25, -0.2) is 0 Å². The van der Waals surface area contributed by atoms with E-state index in [1.165, 1.54) is 0 Å². The molecule has 0 aliphatic rings. The highest BCUT2D eigenvalue weighted by Crippen LogP contribution is 2.38. The Morgan fingerprint density at radius 2 is 1.61 bits per heavy atom. The number of hydrogen-bond donors (Lipinski definition) is 0. The van der Waals surface area contributed by atoms with Gasteiger partial charge in [-0.3, -0.25) is 4.98 Å². The molecule has 3 aromatic rings. The summed E-state index contributed by atoms with van der Waals surface area (Å²) in [6.45, 7) is 13.8. The Morgan fingerprint density at radius 3 is 2.16 bits per heavy atom. The van der Waals surface area contributed by atoms with Gasteiger partial charge in [-0.15, -0.1) is 0 Å². The third-order valence-electron chi connectivity index (χ3n) is 4.45. The second-order valence-electron chi connectivity index (χ2n) is 6.01. The van der Waals surface area contributed by atoms with Crippen LogP contribution in [0.2, 0.25) is 0 Å². The lowest BCUT2D eigenvalue weighted by atomic mass is 9.93. The number of allylic oxidation sites excluding steroid dienone is 5. The molecule has 0 saturated carbocycles. The Bertz CT molecular complexity index is 1020. The van der Waals surface area contributed by atoms with Crippen LogP contribution in [0.15, 0.2) is 79.5 Å². The minimum atomic E-state index is 0.706. The molecule has 3 heteroatoms. The van der Waals surface area contributed by atoms with Crippen LogP contribution in [0.3, 0.4) is 0 Å². The van der Waals surface area contributed by atoms with Gasteiger partial charge in [0.05, 0.1) is 19.9 Å². The van der Waals surface area contributed by atoms with E-state index in [0.717, 1.165) is 33.2 Å². The highest BCUT2D eigenvalue weighted by Gasteiger charge is 2.13. The molecule has 1 aromatic heterocycles. The smallest absolute Gasteiger partial charge is 0.161 e. The third kappa shape index (κ3) is 6.32. The van der Waals surface area contributed by atoms with Gasteiger partial charge in [0.15, 0.2) is 11.5 Å². The zero-order valence-electron chi connectivity index (χ0n) is 19.9. The average molecular weight is 418 g/mol. The molecule has 0 bridgehead atoms. The predicted molar refractivity (Wildman–Crippen MR) is 136 cm³/mol. The quantitative estimate of drug-likeness (QED) is 0.379. The van der Waals surface area contributed by atoms with Crippen molar-refractivity contribution in [2.45, 2.75) is 34.6 Å². The summed E-state index contributed by atoms with van der Waals surface area (Å²) in [6, 6.07) is 14.3. The molecule has 0 aliphatic heterocycles. The van der Waals surface area contributed by atoms with Crippen molar-refractivity contribution in [3.63, 3.8) is 0 Å². The maximum Gasteiger partial charge on any atom is 0.161 e. The van der Waals surface area contributed by atoms with Gasteiger partial charge in [0.25, 0.3) is 0 Å². The Labute approximate surface area is 187 Å². The van der Waals surface area contributed by atoms with E-state index in [4.69, 9.17) is 9.47 Å². The highest BCUT2D eigenvalue weighted by atomic mass is 16.5. The lowest BCUT2D eigenvalue weighted by Gasteiger charge is -2.15. The molecule has 0 aliphatic carbocycles. The van der Waals surface area contributed by atoms with E-state index in [2.05, 4.69) is 35.8 Å². The van der Waals surface area contributed by atoms with E-state index in [9.17, 15) is 0 Å². The third-order valence-corrected chi connectivity index (χ3v) is 4.45. The predicted octanol–water partition coefficient (Wildman–Crippen LogP) is 8.12. The highest BCUT2D eigenvalue weighted by molar-refractivity contribution is 6.00. The number of aromatic nitrogens is 1. The maximum absolute atomic E-state index is 5.52. The van der Waals surface area contributed by atoms with Gasteiger partial charge >= 0.3 is 0 Å². The summed E-state index contributed by atoms with van der Waals surface area (Å²) in [4.78, 5) is 4.51. The van der Waals surface area contributed by atoms with Crippen LogP contribution in [-0.2, 0) is 0 Å². The first-order chi connectivity index (χ1) is 15.2. The summed E-state index contributed by atoms with van der Waals surface area (Å²) < 4.78 is 11.0. The summed E-state index contributed by atoms with van der Waals surface area (Å²) in [5, 5.41) is 2.16. The van der Waals surface area contributed by atoms with Crippen LogP contribution >= 0.6 is 0 Å². The van der Waals surface area contributed by atoms with Crippen LogP contribution in [0.5, 0.6) is 11.5 Å². The van der Waals surface area contributed by atoms with E-state index in [-0.39, 0.29) is 0 Å². The first kappa shape index (κ1) is 25.7. The number of benzene rings is 2. The van der Waals surface area contributed by atoms with Crippen molar-refractivity contribution in [1.29, 1.82) is 0 Å². The molecular weight excluding hydrogens is 382 g/mol. The molecule has 0 N–H and O–H groups in total. The van der Waals surface area contributed by atoms with E-state index < -0.39 is 0 Å². The minimum Gasteiger partial charge on any atom is -0.493 e. The number of pyridine rings is 1. The van der Waals surface area contributed by atoms with Crippen LogP contribution in [0.1, 0.15) is 40.2 Å². The Hall–Kier alpha value is -3.33. The lowest BCUT2D eigenvalue weighted by Crippen LogP contribution is -1.94. The van der Waals surface area contributed by atoms with E-state index in [1.54, 1.807) is 20.3 Å². The second kappa shape index (κ2) is 13.8.